The van der Waals surface area contributed by atoms with Crippen LogP contribution in [0.1, 0.15) is 27.2 Å². The minimum Gasteiger partial charge on any atom is -0.320 e. The lowest BCUT2D eigenvalue weighted by molar-refractivity contribution is -0.151. The first-order valence-electron chi connectivity index (χ1n) is 5.86. The van der Waals surface area contributed by atoms with Gasteiger partial charge in [-0.25, -0.2) is 8.42 Å². The molecule has 1 rings (SSSR count). The number of hydrogen-bond donors (Lipinski definition) is 1. The van der Waals surface area contributed by atoms with E-state index >= 15 is 0 Å². The Morgan fingerprint density at radius 3 is 2.37 bits per heavy atom. The Labute approximate surface area is 112 Å². The topological polar surface area (TPSA) is 101 Å². The summed E-state index contributed by atoms with van der Waals surface area (Å²) in [6, 6.07) is -0.814. The summed E-state index contributed by atoms with van der Waals surface area (Å²) in [4.78, 5) is 36.4. The van der Waals surface area contributed by atoms with Crippen molar-refractivity contribution in [3.63, 3.8) is 0 Å². The van der Waals surface area contributed by atoms with E-state index in [0.717, 1.165) is 11.2 Å². The van der Waals surface area contributed by atoms with Crippen molar-refractivity contribution < 1.29 is 22.8 Å². The molecule has 108 valence electrons. The van der Waals surface area contributed by atoms with Crippen LogP contribution in [0.25, 0.3) is 0 Å². The van der Waals surface area contributed by atoms with E-state index in [1.807, 2.05) is 0 Å². The highest BCUT2D eigenvalue weighted by Gasteiger charge is 2.46. The van der Waals surface area contributed by atoms with Gasteiger partial charge in [-0.1, -0.05) is 6.92 Å². The normalized spacial score (nSPS) is 21.3. The van der Waals surface area contributed by atoms with Crippen molar-refractivity contribution >= 4 is 27.6 Å². The summed E-state index contributed by atoms with van der Waals surface area (Å²) >= 11 is 0. The second-order valence-corrected chi connectivity index (χ2v) is 7.62. The van der Waals surface area contributed by atoms with Gasteiger partial charge in [-0.15, -0.1) is 0 Å². The van der Waals surface area contributed by atoms with Gasteiger partial charge in [-0.05, 0) is 20.3 Å². The smallest absolute Gasteiger partial charge is 0.249 e. The molecule has 0 aliphatic carbocycles. The Morgan fingerprint density at radius 1 is 1.42 bits per heavy atom. The summed E-state index contributed by atoms with van der Waals surface area (Å²) in [5.41, 5.74) is 0. The number of amides is 3. The number of hydrogen-bond acceptors (Lipinski definition) is 5. The third-order valence-corrected chi connectivity index (χ3v) is 5.37. The van der Waals surface area contributed by atoms with E-state index in [4.69, 9.17) is 0 Å². The van der Waals surface area contributed by atoms with Gasteiger partial charge in [0, 0.05) is 6.26 Å². The van der Waals surface area contributed by atoms with Gasteiger partial charge in [0.15, 0.2) is 9.84 Å². The molecule has 1 saturated heterocycles. The Morgan fingerprint density at radius 2 is 1.95 bits per heavy atom. The quantitative estimate of drug-likeness (QED) is 0.677. The van der Waals surface area contributed by atoms with Crippen LogP contribution in [-0.4, -0.2) is 54.6 Å². The highest BCUT2D eigenvalue weighted by Crippen LogP contribution is 2.22. The second-order valence-electron chi connectivity index (χ2n) is 5.05. The first-order valence-corrected chi connectivity index (χ1v) is 7.76. The molecule has 1 N–H and O–H groups in total. The number of nitrogens with one attached hydrogen (secondary N) is 1. The summed E-state index contributed by atoms with van der Waals surface area (Å²) in [6.07, 6.45) is 1.27. The largest absolute Gasteiger partial charge is 0.320 e. The molecule has 0 saturated carbocycles. The average Bonchev–Trinajstić information content (AvgIpc) is 2.25. The molecule has 0 aromatic carbocycles. The zero-order valence-corrected chi connectivity index (χ0v) is 12.2. The van der Waals surface area contributed by atoms with Crippen molar-refractivity contribution in [2.45, 2.75) is 38.0 Å². The Bertz CT molecular complexity index is 523. The maximum Gasteiger partial charge on any atom is 0.249 e. The predicted octanol–water partition coefficient (Wildman–Crippen LogP) is -0.927. The van der Waals surface area contributed by atoms with Crippen LogP contribution >= 0.6 is 0 Å². The van der Waals surface area contributed by atoms with Crippen molar-refractivity contribution in [3.8, 4) is 0 Å². The summed E-state index contributed by atoms with van der Waals surface area (Å²) in [6.45, 7) is 3.93. The monoisotopic (exact) mass is 290 g/mol. The molecule has 1 unspecified atom stereocenters. The fourth-order valence-corrected chi connectivity index (χ4v) is 2.22. The number of carbonyl (C=O) groups is 3. The third kappa shape index (κ3) is 2.78. The maximum absolute atomic E-state index is 12.3. The van der Waals surface area contributed by atoms with E-state index in [2.05, 4.69) is 5.32 Å². The maximum atomic E-state index is 12.3. The van der Waals surface area contributed by atoms with Crippen molar-refractivity contribution in [3.05, 3.63) is 0 Å². The van der Waals surface area contributed by atoms with Crippen LogP contribution < -0.4 is 5.32 Å². The summed E-state index contributed by atoms with van der Waals surface area (Å²) < 4.78 is 21.7. The Hall–Kier alpha value is -1.44. The highest BCUT2D eigenvalue weighted by molar-refractivity contribution is 7.92. The lowest BCUT2D eigenvalue weighted by Crippen LogP contribution is -2.63. The number of imide groups is 1. The number of carbonyl (C=O) groups excluding carboxylic acids is 3. The van der Waals surface area contributed by atoms with Crippen molar-refractivity contribution in [1.82, 2.24) is 10.2 Å². The fourth-order valence-electron chi connectivity index (χ4n) is 1.79. The Balaban J connectivity index is 3.16. The first kappa shape index (κ1) is 15.6. The summed E-state index contributed by atoms with van der Waals surface area (Å²) in [7, 11) is -3.65. The zero-order valence-electron chi connectivity index (χ0n) is 11.4. The van der Waals surface area contributed by atoms with Gasteiger partial charge in [-0.2, -0.15) is 0 Å². The molecular formula is C11H18N2O5S. The number of nitrogens with zero attached hydrogens (tertiary/aromatic N) is 1. The number of piperazine rings is 1. The van der Waals surface area contributed by atoms with Crippen LogP contribution in [0.5, 0.6) is 0 Å². The molecule has 0 bridgehead atoms. The number of rotatable bonds is 3. The van der Waals surface area contributed by atoms with Crippen molar-refractivity contribution in [2.24, 2.45) is 0 Å². The molecule has 0 spiro atoms. The molecular weight excluding hydrogens is 272 g/mol. The molecule has 19 heavy (non-hydrogen) atoms. The molecule has 8 heteroatoms. The second kappa shape index (κ2) is 4.92. The van der Waals surface area contributed by atoms with E-state index in [1.165, 1.54) is 13.8 Å². The van der Waals surface area contributed by atoms with Gasteiger partial charge >= 0.3 is 0 Å². The van der Waals surface area contributed by atoms with Crippen LogP contribution in [0.15, 0.2) is 0 Å². The summed E-state index contributed by atoms with van der Waals surface area (Å²) in [5.74, 6) is -1.91. The first-order chi connectivity index (χ1) is 8.52. The molecule has 1 atom stereocenters. The fraction of sp³-hybridized carbons (Fsp3) is 0.727. The van der Waals surface area contributed by atoms with Crippen LogP contribution in [-0.2, 0) is 24.2 Å². The summed E-state index contributed by atoms with van der Waals surface area (Å²) in [5, 5.41) is 2.13. The van der Waals surface area contributed by atoms with E-state index in [1.54, 1.807) is 6.92 Å². The lowest BCUT2D eigenvalue weighted by Gasteiger charge is -2.37. The lowest BCUT2D eigenvalue weighted by atomic mass is 10.1. The van der Waals surface area contributed by atoms with Gasteiger partial charge in [0.05, 0.1) is 0 Å². The standard InChI is InChI=1S/C11H18N2O5S/c1-5-7-9(15)12-8(14)6-13(7)10(16)11(2,3)19(4,17)18/h7H,5-6H2,1-4H3,(H,12,14,15). The minimum absolute atomic E-state index is 0.304. The molecule has 7 nitrogen and oxygen atoms in total. The van der Waals surface area contributed by atoms with Gasteiger partial charge < -0.3 is 4.90 Å². The SMILES string of the molecule is CCC1C(=O)NC(=O)CN1C(=O)C(C)(C)S(C)(=O)=O. The Kier molecular flexibility index (Phi) is 4.04. The molecule has 0 aromatic rings. The molecule has 0 radical (unpaired) electrons. The van der Waals surface area contributed by atoms with Gasteiger partial charge in [0.1, 0.15) is 17.3 Å². The predicted molar refractivity (Wildman–Crippen MR) is 67.9 cm³/mol. The molecule has 1 aliphatic rings. The van der Waals surface area contributed by atoms with Gasteiger partial charge in [-0.3, -0.25) is 19.7 Å². The van der Waals surface area contributed by atoms with Crippen molar-refractivity contribution in [1.29, 1.82) is 0 Å². The number of sulfone groups is 1. The molecule has 0 aromatic heterocycles. The van der Waals surface area contributed by atoms with Crippen LogP contribution in [0.2, 0.25) is 0 Å². The highest BCUT2D eigenvalue weighted by atomic mass is 32.2. The van der Waals surface area contributed by atoms with Gasteiger partial charge in [0.2, 0.25) is 17.7 Å². The van der Waals surface area contributed by atoms with Crippen LogP contribution in [0.3, 0.4) is 0 Å². The zero-order chi connectivity index (χ0) is 15.0. The van der Waals surface area contributed by atoms with E-state index in [9.17, 15) is 22.8 Å². The van der Waals surface area contributed by atoms with E-state index in [-0.39, 0.29) is 6.54 Å². The minimum atomic E-state index is -3.65. The van der Waals surface area contributed by atoms with E-state index < -0.39 is 38.3 Å². The molecule has 1 heterocycles. The van der Waals surface area contributed by atoms with E-state index in [0.29, 0.717) is 6.42 Å². The average molecular weight is 290 g/mol. The third-order valence-electron chi connectivity index (χ3n) is 3.35. The molecule has 1 aliphatic heterocycles. The van der Waals surface area contributed by atoms with Crippen LogP contribution in [0, 0.1) is 0 Å². The van der Waals surface area contributed by atoms with Gasteiger partial charge in [0.25, 0.3) is 0 Å². The van der Waals surface area contributed by atoms with Crippen LogP contribution in [0.4, 0.5) is 0 Å². The molecule has 1 fully saturated rings. The van der Waals surface area contributed by atoms with Crippen molar-refractivity contribution in [2.75, 3.05) is 12.8 Å². The molecule has 3 amide bonds.